The van der Waals surface area contributed by atoms with Gasteiger partial charge in [-0.15, -0.1) is 0 Å². The van der Waals surface area contributed by atoms with Crippen LogP contribution >= 0.6 is 0 Å². The topological polar surface area (TPSA) is 48.7 Å². The third-order valence-corrected chi connectivity index (χ3v) is 2.28. The maximum atomic E-state index is 10.4. The second-order valence-corrected chi connectivity index (χ2v) is 3.64. The minimum absolute atomic E-state index is 0.314. The molecule has 0 spiro atoms. The Kier molecular flexibility index (Phi) is 4.55. The van der Waals surface area contributed by atoms with E-state index >= 15 is 0 Å². The second kappa shape index (κ2) is 6.61. The average Bonchev–Trinajstić information content (AvgIpc) is 2.87. The molecule has 0 saturated heterocycles. The predicted molar refractivity (Wildman–Crippen MR) is 65.7 cm³/mol. The minimum atomic E-state index is 0.314. The molecule has 4 nitrogen and oxygen atoms in total. The first kappa shape index (κ1) is 12.4. The van der Waals surface area contributed by atoms with Gasteiger partial charge in [0.15, 0.2) is 12.0 Å². The quantitative estimate of drug-likeness (QED) is 0.556. The standard InChI is InChI=1S/C14H14O4/c15-10-13-6-7-14(18-13)11-16-8-9-17-12-4-2-1-3-5-12/h1-7,10H,8-9,11H2. The highest BCUT2D eigenvalue weighted by atomic mass is 16.5. The van der Waals surface area contributed by atoms with E-state index in [0.717, 1.165) is 5.75 Å². The molecule has 2 rings (SSSR count). The summed E-state index contributed by atoms with van der Waals surface area (Å²) in [6.07, 6.45) is 0.669. The molecule has 0 aliphatic heterocycles. The molecule has 0 bridgehead atoms. The van der Waals surface area contributed by atoms with Gasteiger partial charge in [-0.3, -0.25) is 4.79 Å². The summed E-state index contributed by atoms with van der Waals surface area (Å²) in [5.74, 6) is 1.77. The van der Waals surface area contributed by atoms with Crippen molar-refractivity contribution in [3.05, 3.63) is 54.0 Å². The Morgan fingerprint density at radius 3 is 2.61 bits per heavy atom. The molecule has 4 heteroatoms. The van der Waals surface area contributed by atoms with Crippen LogP contribution < -0.4 is 4.74 Å². The van der Waals surface area contributed by atoms with Gasteiger partial charge in [0.25, 0.3) is 0 Å². The zero-order chi connectivity index (χ0) is 12.6. The van der Waals surface area contributed by atoms with Crippen molar-refractivity contribution in [3.63, 3.8) is 0 Å². The van der Waals surface area contributed by atoms with Gasteiger partial charge in [-0.05, 0) is 24.3 Å². The van der Waals surface area contributed by atoms with Crippen LogP contribution in [0.1, 0.15) is 16.3 Å². The lowest BCUT2D eigenvalue weighted by atomic mass is 10.3. The molecule has 0 fully saturated rings. The molecule has 0 unspecified atom stereocenters. The summed E-state index contributed by atoms with van der Waals surface area (Å²) in [6.45, 7) is 1.28. The summed E-state index contributed by atoms with van der Waals surface area (Å²) < 4.78 is 16.0. The molecular weight excluding hydrogens is 232 g/mol. The number of hydrogen-bond acceptors (Lipinski definition) is 4. The monoisotopic (exact) mass is 246 g/mol. The molecule has 0 atom stereocenters. The highest BCUT2D eigenvalue weighted by molar-refractivity contribution is 5.70. The van der Waals surface area contributed by atoms with Gasteiger partial charge in [0.2, 0.25) is 0 Å². The van der Waals surface area contributed by atoms with E-state index in [9.17, 15) is 4.79 Å². The van der Waals surface area contributed by atoms with Crippen LogP contribution in [0.15, 0.2) is 46.9 Å². The molecule has 1 aromatic heterocycles. The molecular formula is C14H14O4. The molecule has 0 radical (unpaired) electrons. The van der Waals surface area contributed by atoms with Crippen molar-refractivity contribution in [3.8, 4) is 5.75 Å². The number of aldehydes is 1. The molecule has 0 aliphatic rings. The second-order valence-electron chi connectivity index (χ2n) is 3.64. The van der Waals surface area contributed by atoms with E-state index in [4.69, 9.17) is 13.9 Å². The predicted octanol–water partition coefficient (Wildman–Crippen LogP) is 2.69. The maximum Gasteiger partial charge on any atom is 0.185 e. The number of ether oxygens (including phenoxy) is 2. The first-order chi connectivity index (χ1) is 8.88. The van der Waals surface area contributed by atoms with Crippen LogP contribution in [0.4, 0.5) is 0 Å². The van der Waals surface area contributed by atoms with Gasteiger partial charge in [0.05, 0.1) is 6.61 Å². The number of carbonyl (C=O) groups is 1. The van der Waals surface area contributed by atoms with E-state index in [-0.39, 0.29) is 0 Å². The number of para-hydroxylation sites is 1. The molecule has 94 valence electrons. The molecule has 0 amide bonds. The Morgan fingerprint density at radius 1 is 1.06 bits per heavy atom. The summed E-state index contributed by atoms with van der Waals surface area (Å²) in [4.78, 5) is 10.4. The van der Waals surface area contributed by atoms with E-state index in [1.54, 1.807) is 12.1 Å². The van der Waals surface area contributed by atoms with Crippen LogP contribution in [0.2, 0.25) is 0 Å². The van der Waals surface area contributed by atoms with Crippen LogP contribution in [0.3, 0.4) is 0 Å². The van der Waals surface area contributed by atoms with Crippen LogP contribution in [0.5, 0.6) is 5.75 Å². The average molecular weight is 246 g/mol. The van der Waals surface area contributed by atoms with Crippen LogP contribution in [-0.4, -0.2) is 19.5 Å². The summed E-state index contributed by atoms with van der Waals surface area (Å²) in [7, 11) is 0. The van der Waals surface area contributed by atoms with Crippen LogP contribution in [0.25, 0.3) is 0 Å². The van der Waals surface area contributed by atoms with Gasteiger partial charge >= 0.3 is 0 Å². The lowest BCUT2D eigenvalue weighted by molar-refractivity contribution is 0.0771. The lowest BCUT2D eigenvalue weighted by Gasteiger charge is -2.05. The zero-order valence-corrected chi connectivity index (χ0v) is 9.87. The van der Waals surface area contributed by atoms with Gasteiger partial charge in [0, 0.05) is 0 Å². The van der Waals surface area contributed by atoms with Crippen molar-refractivity contribution in [2.24, 2.45) is 0 Å². The van der Waals surface area contributed by atoms with Crippen molar-refractivity contribution in [1.82, 2.24) is 0 Å². The minimum Gasteiger partial charge on any atom is -0.491 e. The Morgan fingerprint density at radius 2 is 1.89 bits per heavy atom. The summed E-state index contributed by atoms with van der Waals surface area (Å²) in [5.41, 5.74) is 0. The Bertz CT molecular complexity index is 476. The summed E-state index contributed by atoms with van der Waals surface area (Å²) >= 11 is 0. The number of hydrogen-bond donors (Lipinski definition) is 0. The maximum absolute atomic E-state index is 10.4. The van der Waals surface area contributed by atoms with Crippen molar-refractivity contribution in [1.29, 1.82) is 0 Å². The highest BCUT2D eigenvalue weighted by Gasteiger charge is 2.00. The van der Waals surface area contributed by atoms with Crippen molar-refractivity contribution in [2.75, 3.05) is 13.2 Å². The fraction of sp³-hybridized carbons (Fsp3) is 0.214. The molecule has 1 aromatic carbocycles. The number of benzene rings is 1. The van der Waals surface area contributed by atoms with E-state index < -0.39 is 0 Å². The fourth-order valence-corrected chi connectivity index (χ4v) is 1.44. The lowest BCUT2D eigenvalue weighted by Crippen LogP contribution is -2.06. The largest absolute Gasteiger partial charge is 0.491 e. The molecule has 0 aliphatic carbocycles. The SMILES string of the molecule is O=Cc1ccc(COCCOc2ccccc2)o1. The smallest absolute Gasteiger partial charge is 0.185 e. The van der Waals surface area contributed by atoms with Gasteiger partial charge in [-0.1, -0.05) is 18.2 Å². The molecule has 18 heavy (non-hydrogen) atoms. The van der Waals surface area contributed by atoms with Gasteiger partial charge < -0.3 is 13.9 Å². The first-order valence-electron chi connectivity index (χ1n) is 5.68. The van der Waals surface area contributed by atoms with Crippen LogP contribution in [0, 0.1) is 0 Å². The van der Waals surface area contributed by atoms with E-state index in [1.165, 1.54) is 0 Å². The van der Waals surface area contributed by atoms with E-state index in [2.05, 4.69) is 0 Å². The molecule has 2 aromatic rings. The molecule has 0 N–H and O–H groups in total. The third kappa shape index (κ3) is 3.75. The normalized spacial score (nSPS) is 10.2. The zero-order valence-electron chi connectivity index (χ0n) is 9.87. The summed E-state index contributed by atoms with van der Waals surface area (Å²) in [6, 6.07) is 12.9. The number of furan rings is 1. The Balaban J connectivity index is 1.63. The molecule has 0 saturated carbocycles. The van der Waals surface area contributed by atoms with E-state index in [0.29, 0.717) is 37.6 Å². The van der Waals surface area contributed by atoms with Crippen molar-refractivity contribution < 1.29 is 18.7 Å². The summed E-state index contributed by atoms with van der Waals surface area (Å²) in [5, 5.41) is 0. The number of rotatable bonds is 7. The van der Waals surface area contributed by atoms with Gasteiger partial charge in [-0.25, -0.2) is 0 Å². The van der Waals surface area contributed by atoms with E-state index in [1.807, 2.05) is 30.3 Å². The van der Waals surface area contributed by atoms with Crippen molar-refractivity contribution >= 4 is 6.29 Å². The fourth-order valence-electron chi connectivity index (χ4n) is 1.44. The Labute approximate surface area is 105 Å². The number of carbonyl (C=O) groups excluding carboxylic acids is 1. The van der Waals surface area contributed by atoms with Crippen molar-refractivity contribution in [2.45, 2.75) is 6.61 Å². The first-order valence-corrected chi connectivity index (χ1v) is 5.68. The third-order valence-electron chi connectivity index (χ3n) is 2.28. The van der Waals surface area contributed by atoms with Crippen LogP contribution in [-0.2, 0) is 11.3 Å². The van der Waals surface area contributed by atoms with Gasteiger partial charge in [0.1, 0.15) is 24.7 Å². The molecule has 1 heterocycles. The van der Waals surface area contributed by atoms with Gasteiger partial charge in [-0.2, -0.15) is 0 Å². The highest BCUT2D eigenvalue weighted by Crippen LogP contribution is 2.09. The Hall–Kier alpha value is -2.07.